The Kier molecular flexibility index (Phi) is 4.71. The van der Waals surface area contributed by atoms with Gasteiger partial charge in [-0.05, 0) is 31.0 Å². The molecular formula is C13H19ClN2O2S. The average molecular weight is 303 g/mol. The maximum Gasteiger partial charge on any atom is 0.244 e. The fourth-order valence-corrected chi connectivity index (χ4v) is 4.34. The molecule has 0 unspecified atom stereocenters. The minimum atomic E-state index is -3.53. The van der Waals surface area contributed by atoms with Gasteiger partial charge in [-0.1, -0.05) is 30.9 Å². The smallest absolute Gasteiger partial charge is 0.244 e. The molecule has 0 bridgehead atoms. The van der Waals surface area contributed by atoms with Gasteiger partial charge in [0.1, 0.15) is 4.90 Å². The molecule has 2 rings (SSSR count). The van der Waals surface area contributed by atoms with E-state index in [0.29, 0.717) is 18.8 Å². The van der Waals surface area contributed by atoms with Crippen LogP contribution in [0.4, 0.5) is 5.69 Å². The maximum absolute atomic E-state index is 12.6. The number of sulfonamides is 1. The molecule has 1 aliphatic rings. The van der Waals surface area contributed by atoms with E-state index in [0.717, 1.165) is 25.7 Å². The van der Waals surface area contributed by atoms with Crippen LogP contribution in [0, 0.1) is 0 Å². The molecule has 106 valence electrons. The number of hydrogen-bond acceptors (Lipinski definition) is 3. The lowest BCUT2D eigenvalue weighted by Crippen LogP contribution is -2.34. The Morgan fingerprint density at radius 1 is 1.05 bits per heavy atom. The molecule has 0 aromatic heterocycles. The number of nitrogens with zero attached hydrogens (tertiary/aromatic N) is 1. The lowest BCUT2D eigenvalue weighted by atomic mass is 10.1. The van der Waals surface area contributed by atoms with Crippen molar-refractivity contribution in [3.63, 3.8) is 0 Å². The molecular weight excluding hydrogens is 284 g/mol. The van der Waals surface area contributed by atoms with E-state index < -0.39 is 10.0 Å². The largest absolute Gasteiger partial charge is 0.399 e. The molecule has 0 atom stereocenters. The summed E-state index contributed by atoms with van der Waals surface area (Å²) in [4.78, 5) is 0.120. The second-order valence-electron chi connectivity index (χ2n) is 4.86. The highest BCUT2D eigenvalue weighted by Crippen LogP contribution is 2.28. The molecule has 2 N–H and O–H groups in total. The quantitative estimate of drug-likeness (QED) is 0.854. The molecule has 1 aromatic carbocycles. The number of nitrogen functional groups attached to an aromatic ring is 1. The molecule has 1 aliphatic heterocycles. The average Bonchev–Trinajstić information content (AvgIpc) is 2.31. The van der Waals surface area contributed by atoms with E-state index in [2.05, 4.69) is 0 Å². The van der Waals surface area contributed by atoms with Crippen molar-refractivity contribution in [1.82, 2.24) is 4.31 Å². The van der Waals surface area contributed by atoms with Crippen LogP contribution in [0.5, 0.6) is 0 Å². The van der Waals surface area contributed by atoms with Gasteiger partial charge in [-0.3, -0.25) is 0 Å². The van der Waals surface area contributed by atoms with Crippen LogP contribution in [-0.2, 0) is 10.0 Å². The van der Waals surface area contributed by atoms with Gasteiger partial charge in [0.05, 0.1) is 5.02 Å². The first-order valence-corrected chi connectivity index (χ1v) is 8.39. The minimum absolute atomic E-state index is 0.120. The van der Waals surface area contributed by atoms with Crippen molar-refractivity contribution in [2.24, 2.45) is 0 Å². The summed E-state index contributed by atoms with van der Waals surface area (Å²) in [6, 6.07) is 4.58. The van der Waals surface area contributed by atoms with E-state index in [1.165, 1.54) is 22.9 Å². The van der Waals surface area contributed by atoms with Crippen molar-refractivity contribution < 1.29 is 8.42 Å². The molecule has 0 saturated carbocycles. The van der Waals surface area contributed by atoms with Crippen molar-refractivity contribution in [3.8, 4) is 0 Å². The standard InChI is InChI=1S/C13H19ClN2O2S/c14-12-7-6-11(15)10-13(12)19(17,18)16-8-4-2-1-3-5-9-16/h6-7,10H,1-5,8-9,15H2. The van der Waals surface area contributed by atoms with Crippen LogP contribution in [0.1, 0.15) is 32.1 Å². The highest BCUT2D eigenvalue weighted by atomic mass is 35.5. The Bertz CT molecular complexity index is 538. The topological polar surface area (TPSA) is 63.4 Å². The Labute approximate surface area is 119 Å². The van der Waals surface area contributed by atoms with Crippen LogP contribution in [0.2, 0.25) is 5.02 Å². The van der Waals surface area contributed by atoms with Crippen molar-refractivity contribution in [1.29, 1.82) is 0 Å². The predicted molar refractivity (Wildman–Crippen MR) is 77.7 cm³/mol. The molecule has 1 aromatic rings. The lowest BCUT2D eigenvalue weighted by Gasteiger charge is -2.24. The van der Waals surface area contributed by atoms with Crippen molar-refractivity contribution >= 4 is 27.3 Å². The predicted octanol–water partition coefficient (Wildman–Crippen LogP) is 2.88. The third kappa shape index (κ3) is 3.41. The van der Waals surface area contributed by atoms with Gasteiger partial charge in [0.25, 0.3) is 0 Å². The molecule has 0 spiro atoms. The van der Waals surface area contributed by atoms with E-state index >= 15 is 0 Å². The van der Waals surface area contributed by atoms with E-state index in [9.17, 15) is 8.42 Å². The number of halogens is 1. The first-order chi connectivity index (χ1) is 9.01. The fourth-order valence-electron chi connectivity index (χ4n) is 2.32. The number of benzene rings is 1. The molecule has 1 fully saturated rings. The van der Waals surface area contributed by atoms with Gasteiger partial charge in [0, 0.05) is 18.8 Å². The van der Waals surface area contributed by atoms with Crippen LogP contribution in [0.15, 0.2) is 23.1 Å². The lowest BCUT2D eigenvalue weighted by molar-refractivity contribution is 0.364. The summed E-state index contributed by atoms with van der Waals surface area (Å²) >= 11 is 6.01. The summed E-state index contributed by atoms with van der Waals surface area (Å²) < 4.78 is 26.8. The first-order valence-electron chi connectivity index (χ1n) is 6.57. The summed E-state index contributed by atoms with van der Waals surface area (Å²) in [7, 11) is -3.53. The molecule has 4 nitrogen and oxygen atoms in total. The summed E-state index contributed by atoms with van der Waals surface area (Å²) in [6.07, 6.45) is 5.15. The monoisotopic (exact) mass is 302 g/mol. The number of rotatable bonds is 2. The molecule has 1 heterocycles. The van der Waals surface area contributed by atoms with Gasteiger partial charge in [-0.2, -0.15) is 4.31 Å². The van der Waals surface area contributed by atoms with E-state index in [1.807, 2.05) is 0 Å². The normalized spacial score (nSPS) is 18.8. The summed E-state index contributed by atoms with van der Waals surface area (Å²) in [5.74, 6) is 0. The van der Waals surface area contributed by atoms with Gasteiger partial charge in [0.2, 0.25) is 10.0 Å². The number of anilines is 1. The zero-order valence-corrected chi connectivity index (χ0v) is 12.4. The summed E-state index contributed by atoms with van der Waals surface area (Å²) in [5.41, 5.74) is 6.08. The Hall–Kier alpha value is -0.780. The fraction of sp³-hybridized carbons (Fsp3) is 0.538. The molecule has 1 saturated heterocycles. The Balaban J connectivity index is 2.31. The molecule has 19 heavy (non-hydrogen) atoms. The Morgan fingerprint density at radius 2 is 1.63 bits per heavy atom. The zero-order chi connectivity index (χ0) is 13.9. The van der Waals surface area contributed by atoms with E-state index in [-0.39, 0.29) is 9.92 Å². The molecule has 0 amide bonds. The first kappa shape index (κ1) is 14.6. The van der Waals surface area contributed by atoms with Gasteiger partial charge in [-0.15, -0.1) is 0 Å². The summed E-state index contributed by atoms with van der Waals surface area (Å²) in [6.45, 7) is 1.13. The van der Waals surface area contributed by atoms with Crippen LogP contribution in [0.25, 0.3) is 0 Å². The van der Waals surface area contributed by atoms with Gasteiger partial charge in [-0.25, -0.2) is 8.42 Å². The van der Waals surface area contributed by atoms with E-state index in [1.54, 1.807) is 6.07 Å². The van der Waals surface area contributed by atoms with Crippen LogP contribution < -0.4 is 5.73 Å². The zero-order valence-electron chi connectivity index (χ0n) is 10.8. The minimum Gasteiger partial charge on any atom is -0.399 e. The SMILES string of the molecule is Nc1ccc(Cl)c(S(=O)(=O)N2CCCCCCC2)c1. The van der Waals surface area contributed by atoms with Crippen LogP contribution in [0.3, 0.4) is 0 Å². The third-order valence-corrected chi connectivity index (χ3v) is 5.77. The van der Waals surface area contributed by atoms with Crippen LogP contribution in [-0.4, -0.2) is 25.8 Å². The van der Waals surface area contributed by atoms with Gasteiger partial charge >= 0.3 is 0 Å². The van der Waals surface area contributed by atoms with E-state index in [4.69, 9.17) is 17.3 Å². The van der Waals surface area contributed by atoms with Gasteiger partial charge in [0.15, 0.2) is 0 Å². The number of nitrogens with two attached hydrogens (primary N) is 1. The second kappa shape index (κ2) is 6.11. The molecule has 6 heteroatoms. The number of hydrogen-bond donors (Lipinski definition) is 1. The third-order valence-electron chi connectivity index (χ3n) is 3.39. The van der Waals surface area contributed by atoms with Crippen molar-refractivity contribution in [2.45, 2.75) is 37.0 Å². The highest BCUT2D eigenvalue weighted by molar-refractivity contribution is 7.89. The van der Waals surface area contributed by atoms with Crippen LogP contribution >= 0.6 is 11.6 Å². The molecule has 0 aliphatic carbocycles. The second-order valence-corrected chi connectivity index (χ2v) is 7.18. The molecule has 0 radical (unpaired) electrons. The maximum atomic E-state index is 12.6. The van der Waals surface area contributed by atoms with Crippen molar-refractivity contribution in [3.05, 3.63) is 23.2 Å². The van der Waals surface area contributed by atoms with Crippen molar-refractivity contribution in [2.75, 3.05) is 18.8 Å². The highest BCUT2D eigenvalue weighted by Gasteiger charge is 2.26. The van der Waals surface area contributed by atoms with Gasteiger partial charge < -0.3 is 5.73 Å². The summed E-state index contributed by atoms with van der Waals surface area (Å²) in [5, 5.41) is 0.233. The Morgan fingerprint density at radius 3 is 2.26 bits per heavy atom.